The number of nitrogens with zero attached hydrogens (tertiary/aromatic N) is 1. The third-order valence-electron chi connectivity index (χ3n) is 3.81. The zero-order valence-electron chi connectivity index (χ0n) is 11.6. The highest BCUT2D eigenvalue weighted by Crippen LogP contribution is 2.32. The first-order valence-corrected chi connectivity index (χ1v) is 7.59. The number of morpholine rings is 1. The lowest BCUT2D eigenvalue weighted by molar-refractivity contribution is -0.0291. The first kappa shape index (κ1) is 14.0. The van der Waals surface area contributed by atoms with Gasteiger partial charge in [-0.15, -0.1) is 11.3 Å². The molecule has 4 heteroatoms. The summed E-state index contributed by atoms with van der Waals surface area (Å²) >= 11 is 1.87. The van der Waals surface area contributed by atoms with Gasteiger partial charge in [0.05, 0.1) is 13.2 Å². The molecular weight excluding hydrogens is 244 g/mol. The Morgan fingerprint density at radius 3 is 2.89 bits per heavy atom. The SMILES string of the molecule is CCC1COCCN1C(CN)c1cc(C)sc1C. The van der Waals surface area contributed by atoms with Crippen LogP contribution in [0.5, 0.6) is 0 Å². The van der Waals surface area contributed by atoms with E-state index in [1.807, 2.05) is 11.3 Å². The van der Waals surface area contributed by atoms with Gasteiger partial charge in [-0.3, -0.25) is 4.90 Å². The summed E-state index contributed by atoms with van der Waals surface area (Å²) in [5, 5.41) is 0. The molecule has 2 N–H and O–H groups in total. The number of rotatable bonds is 4. The van der Waals surface area contributed by atoms with Crippen LogP contribution in [0, 0.1) is 13.8 Å². The fraction of sp³-hybridized carbons (Fsp3) is 0.714. The molecule has 0 saturated carbocycles. The van der Waals surface area contributed by atoms with Crippen molar-refractivity contribution < 1.29 is 4.74 Å². The third kappa shape index (κ3) is 2.77. The minimum atomic E-state index is 0.351. The van der Waals surface area contributed by atoms with Crippen molar-refractivity contribution in [3.63, 3.8) is 0 Å². The van der Waals surface area contributed by atoms with Crippen LogP contribution in [0.1, 0.15) is 34.7 Å². The first-order valence-electron chi connectivity index (χ1n) is 6.77. The monoisotopic (exact) mass is 268 g/mol. The van der Waals surface area contributed by atoms with Crippen molar-refractivity contribution in [1.29, 1.82) is 0 Å². The van der Waals surface area contributed by atoms with E-state index in [-0.39, 0.29) is 0 Å². The average molecular weight is 268 g/mol. The number of ether oxygens (including phenoxy) is 1. The Hall–Kier alpha value is -0.420. The van der Waals surface area contributed by atoms with E-state index < -0.39 is 0 Å². The number of hydrogen-bond donors (Lipinski definition) is 1. The summed E-state index contributed by atoms with van der Waals surface area (Å²) in [6.45, 7) is 9.96. The van der Waals surface area contributed by atoms with Crippen LogP contribution in [-0.4, -0.2) is 37.2 Å². The molecule has 1 fully saturated rings. The molecule has 102 valence electrons. The molecule has 1 aliphatic rings. The van der Waals surface area contributed by atoms with Gasteiger partial charge in [0.1, 0.15) is 0 Å². The molecule has 0 spiro atoms. The van der Waals surface area contributed by atoms with Crippen molar-refractivity contribution in [2.45, 2.75) is 39.3 Å². The van der Waals surface area contributed by atoms with Crippen LogP contribution in [0.25, 0.3) is 0 Å². The smallest absolute Gasteiger partial charge is 0.0622 e. The minimum Gasteiger partial charge on any atom is -0.378 e. The summed E-state index contributed by atoms with van der Waals surface area (Å²) in [6.07, 6.45) is 1.12. The highest BCUT2D eigenvalue weighted by Gasteiger charge is 2.29. The highest BCUT2D eigenvalue weighted by molar-refractivity contribution is 7.12. The molecule has 1 aliphatic heterocycles. The summed E-state index contributed by atoms with van der Waals surface area (Å²) in [5.41, 5.74) is 7.47. The summed E-state index contributed by atoms with van der Waals surface area (Å²) in [7, 11) is 0. The van der Waals surface area contributed by atoms with Gasteiger partial charge in [-0.1, -0.05) is 6.92 Å². The van der Waals surface area contributed by atoms with Crippen LogP contribution in [0.3, 0.4) is 0 Å². The Kier molecular flexibility index (Phi) is 4.78. The van der Waals surface area contributed by atoms with E-state index in [0.29, 0.717) is 18.6 Å². The Morgan fingerprint density at radius 1 is 1.56 bits per heavy atom. The van der Waals surface area contributed by atoms with Gasteiger partial charge in [-0.2, -0.15) is 0 Å². The Balaban J connectivity index is 2.24. The van der Waals surface area contributed by atoms with Crippen molar-refractivity contribution in [3.05, 3.63) is 21.4 Å². The van der Waals surface area contributed by atoms with E-state index >= 15 is 0 Å². The van der Waals surface area contributed by atoms with Crippen molar-refractivity contribution in [3.8, 4) is 0 Å². The summed E-state index contributed by atoms with van der Waals surface area (Å²) in [4.78, 5) is 5.32. The Morgan fingerprint density at radius 2 is 2.33 bits per heavy atom. The molecule has 0 radical (unpaired) electrons. The highest BCUT2D eigenvalue weighted by atomic mass is 32.1. The van der Waals surface area contributed by atoms with Gasteiger partial charge in [0, 0.05) is 34.9 Å². The second kappa shape index (κ2) is 6.15. The van der Waals surface area contributed by atoms with E-state index in [9.17, 15) is 0 Å². The van der Waals surface area contributed by atoms with E-state index in [0.717, 1.165) is 26.2 Å². The summed E-state index contributed by atoms with van der Waals surface area (Å²) in [5.74, 6) is 0. The lowest BCUT2D eigenvalue weighted by Crippen LogP contribution is -2.48. The zero-order chi connectivity index (χ0) is 13.1. The molecule has 1 aromatic rings. The van der Waals surface area contributed by atoms with Gasteiger partial charge < -0.3 is 10.5 Å². The number of thiophene rings is 1. The van der Waals surface area contributed by atoms with Gasteiger partial charge >= 0.3 is 0 Å². The van der Waals surface area contributed by atoms with Gasteiger partial charge in [0.15, 0.2) is 0 Å². The lowest BCUT2D eigenvalue weighted by atomic mass is 10.0. The predicted molar refractivity (Wildman–Crippen MR) is 77.2 cm³/mol. The van der Waals surface area contributed by atoms with Crippen LogP contribution in [0.15, 0.2) is 6.07 Å². The van der Waals surface area contributed by atoms with Crippen LogP contribution in [0.2, 0.25) is 0 Å². The van der Waals surface area contributed by atoms with Crippen LogP contribution in [0.4, 0.5) is 0 Å². The van der Waals surface area contributed by atoms with Crippen LogP contribution < -0.4 is 5.73 Å². The molecule has 0 bridgehead atoms. The largest absolute Gasteiger partial charge is 0.378 e. The molecule has 2 heterocycles. The number of nitrogens with two attached hydrogens (primary N) is 1. The summed E-state index contributed by atoms with van der Waals surface area (Å²) < 4.78 is 5.59. The third-order valence-corrected chi connectivity index (χ3v) is 4.79. The number of hydrogen-bond acceptors (Lipinski definition) is 4. The predicted octanol–water partition coefficient (Wildman–Crippen LogP) is 2.48. The summed E-state index contributed by atoms with van der Waals surface area (Å²) in [6, 6.07) is 3.16. The molecule has 2 unspecified atom stereocenters. The molecule has 18 heavy (non-hydrogen) atoms. The molecule has 2 rings (SSSR count). The second-order valence-electron chi connectivity index (χ2n) is 4.99. The second-order valence-corrected chi connectivity index (χ2v) is 6.46. The minimum absolute atomic E-state index is 0.351. The topological polar surface area (TPSA) is 38.5 Å². The fourth-order valence-corrected chi connectivity index (χ4v) is 3.83. The van der Waals surface area contributed by atoms with Gasteiger partial charge in [0.2, 0.25) is 0 Å². The maximum atomic E-state index is 6.05. The van der Waals surface area contributed by atoms with E-state index in [4.69, 9.17) is 10.5 Å². The molecule has 0 aliphatic carbocycles. The zero-order valence-corrected chi connectivity index (χ0v) is 12.4. The average Bonchev–Trinajstić information content (AvgIpc) is 2.70. The molecule has 0 aromatic carbocycles. The molecule has 3 nitrogen and oxygen atoms in total. The van der Waals surface area contributed by atoms with E-state index in [1.54, 1.807) is 0 Å². The molecule has 0 amide bonds. The molecule has 2 atom stereocenters. The van der Waals surface area contributed by atoms with Crippen molar-refractivity contribution in [1.82, 2.24) is 4.90 Å². The maximum Gasteiger partial charge on any atom is 0.0622 e. The van der Waals surface area contributed by atoms with E-state index in [1.165, 1.54) is 15.3 Å². The molecule has 1 saturated heterocycles. The van der Waals surface area contributed by atoms with Crippen molar-refractivity contribution in [2.75, 3.05) is 26.3 Å². The maximum absolute atomic E-state index is 6.05. The molecule has 1 aromatic heterocycles. The Labute approximate surface area is 114 Å². The van der Waals surface area contributed by atoms with Crippen LogP contribution in [-0.2, 0) is 4.74 Å². The first-order chi connectivity index (χ1) is 8.67. The normalized spacial score (nSPS) is 23.2. The van der Waals surface area contributed by atoms with Crippen LogP contribution >= 0.6 is 11.3 Å². The van der Waals surface area contributed by atoms with Crippen molar-refractivity contribution >= 4 is 11.3 Å². The van der Waals surface area contributed by atoms with Gasteiger partial charge in [0.25, 0.3) is 0 Å². The van der Waals surface area contributed by atoms with Gasteiger partial charge in [-0.25, -0.2) is 0 Å². The quantitative estimate of drug-likeness (QED) is 0.911. The van der Waals surface area contributed by atoms with Crippen molar-refractivity contribution in [2.24, 2.45) is 5.73 Å². The fourth-order valence-electron chi connectivity index (χ4n) is 2.85. The molecular formula is C14H24N2OS. The van der Waals surface area contributed by atoms with E-state index in [2.05, 4.69) is 31.7 Å². The standard InChI is InChI=1S/C14H24N2OS/c1-4-12-9-17-6-5-16(12)14(8-15)13-7-10(2)18-11(13)3/h7,12,14H,4-6,8-9,15H2,1-3H3. The Bertz CT molecular complexity index is 391. The lowest BCUT2D eigenvalue weighted by Gasteiger charge is -2.40. The van der Waals surface area contributed by atoms with Gasteiger partial charge in [-0.05, 0) is 31.9 Å². The number of aryl methyl sites for hydroxylation is 2.